The second kappa shape index (κ2) is 8.10. The van der Waals surface area contributed by atoms with Crippen LogP contribution in [0, 0.1) is 6.92 Å². The molecule has 2 aromatic carbocycles. The molecule has 5 heteroatoms. The highest BCUT2D eigenvalue weighted by molar-refractivity contribution is 6.05. The molecule has 0 aliphatic heterocycles. The van der Waals surface area contributed by atoms with Crippen molar-refractivity contribution in [3.8, 4) is 0 Å². The summed E-state index contributed by atoms with van der Waals surface area (Å²) in [5.74, 6) is -0.396. The molecule has 0 atom stereocenters. The summed E-state index contributed by atoms with van der Waals surface area (Å²) in [6.45, 7) is 2.90. The van der Waals surface area contributed by atoms with Crippen LogP contribution in [0.1, 0.15) is 26.3 Å². The monoisotopic (exact) mass is 312 g/mol. The smallest absolute Gasteiger partial charge is 0.255 e. The van der Waals surface area contributed by atoms with Gasteiger partial charge in [0.2, 0.25) is 0 Å². The highest BCUT2D eigenvalue weighted by Crippen LogP contribution is 2.11. The minimum absolute atomic E-state index is 0.187. The van der Waals surface area contributed by atoms with Gasteiger partial charge in [0.15, 0.2) is 0 Å². The molecule has 2 rings (SSSR count). The summed E-state index contributed by atoms with van der Waals surface area (Å²) in [5.41, 5.74) is 2.88. The van der Waals surface area contributed by atoms with Crippen molar-refractivity contribution in [1.29, 1.82) is 0 Å². The summed E-state index contributed by atoms with van der Waals surface area (Å²) in [5, 5.41) is 5.55. The van der Waals surface area contributed by atoms with Crippen molar-refractivity contribution in [2.75, 3.05) is 25.6 Å². The van der Waals surface area contributed by atoms with Gasteiger partial charge in [-0.25, -0.2) is 0 Å². The van der Waals surface area contributed by atoms with E-state index in [0.717, 1.165) is 11.3 Å². The number of aryl methyl sites for hydroxylation is 1. The number of carbonyl (C=O) groups is 2. The molecule has 2 N–H and O–H groups in total. The normalized spacial score (nSPS) is 10.2. The van der Waals surface area contributed by atoms with Crippen LogP contribution in [-0.4, -0.2) is 32.1 Å². The average molecular weight is 312 g/mol. The van der Waals surface area contributed by atoms with Crippen LogP contribution in [0.2, 0.25) is 0 Å². The van der Waals surface area contributed by atoms with E-state index in [-0.39, 0.29) is 11.8 Å². The molecule has 5 nitrogen and oxygen atoms in total. The van der Waals surface area contributed by atoms with Crippen LogP contribution in [0.15, 0.2) is 48.5 Å². The van der Waals surface area contributed by atoms with Gasteiger partial charge in [0.1, 0.15) is 0 Å². The summed E-state index contributed by atoms with van der Waals surface area (Å²) in [7, 11) is 1.58. The second-order valence-corrected chi connectivity index (χ2v) is 5.15. The zero-order valence-electron chi connectivity index (χ0n) is 13.3. The van der Waals surface area contributed by atoms with Crippen LogP contribution >= 0.6 is 0 Å². The Morgan fingerprint density at radius 2 is 1.48 bits per heavy atom. The first-order valence-electron chi connectivity index (χ1n) is 7.35. The van der Waals surface area contributed by atoms with E-state index in [4.69, 9.17) is 4.74 Å². The summed E-state index contributed by atoms with van der Waals surface area (Å²) >= 11 is 0. The Labute approximate surface area is 135 Å². The summed E-state index contributed by atoms with van der Waals surface area (Å²) < 4.78 is 4.87. The van der Waals surface area contributed by atoms with Gasteiger partial charge in [-0.15, -0.1) is 0 Å². The van der Waals surface area contributed by atoms with Gasteiger partial charge >= 0.3 is 0 Å². The first-order valence-corrected chi connectivity index (χ1v) is 7.35. The zero-order valence-corrected chi connectivity index (χ0v) is 13.3. The topological polar surface area (TPSA) is 67.4 Å². The van der Waals surface area contributed by atoms with Crippen molar-refractivity contribution in [2.45, 2.75) is 6.92 Å². The van der Waals surface area contributed by atoms with Gasteiger partial charge in [0, 0.05) is 30.5 Å². The highest BCUT2D eigenvalue weighted by atomic mass is 16.5. The number of ether oxygens (including phenoxy) is 1. The van der Waals surface area contributed by atoms with Gasteiger partial charge in [-0.1, -0.05) is 17.7 Å². The number of methoxy groups -OCH3 is 1. The molecule has 0 saturated carbocycles. The number of benzene rings is 2. The van der Waals surface area contributed by atoms with Gasteiger partial charge in [0.25, 0.3) is 11.8 Å². The lowest BCUT2D eigenvalue weighted by Crippen LogP contribution is -2.26. The van der Waals surface area contributed by atoms with Gasteiger partial charge in [0.05, 0.1) is 6.61 Å². The van der Waals surface area contributed by atoms with Gasteiger partial charge < -0.3 is 15.4 Å². The number of hydrogen-bond acceptors (Lipinski definition) is 3. The van der Waals surface area contributed by atoms with Crippen LogP contribution in [0.5, 0.6) is 0 Å². The molecule has 0 saturated heterocycles. The molecule has 120 valence electrons. The molecule has 0 radical (unpaired) electrons. The lowest BCUT2D eigenvalue weighted by atomic mass is 10.1. The van der Waals surface area contributed by atoms with E-state index in [9.17, 15) is 9.59 Å². The van der Waals surface area contributed by atoms with E-state index in [0.29, 0.717) is 24.3 Å². The van der Waals surface area contributed by atoms with Crippen molar-refractivity contribution >= 4 is 17.5 Å². The van der Waals surface area contributed by atoms with E-state index in [1.807, 2.05) is 31.2 Å². The predicted octanol–water partition coefficient (Wildman–Crippen LogP) is 2.62. The van der Waals surface area contributed by atoms with Crippen molar-refractivity contribution < 1.29 is 14.3 Å². The number of anilines is 1. The van der Waals surface area contributed by atoms with Gasteiger partial charge in [-0.3, -0.25) is 9.59 Å². The predicted molar refractivity (Wildman–Crippen MR) is 89.8 cm³/mol. The Balaban J connectivity index is 1.97. The number of amides is 2. The fraction of sp³-hybridized carbons (Fsp3) is 0.222. The Morgan fingerprint density at radius 1 is 0.913 bits per heavy atom. The molecule has 0 aliphatic rings. The third-order valence-corrected chi connectivity index (χ3v) is 3.31. The molecule has 2 aromatic rings. The maximum Gasteiger partial charge on any atom is 0.255 e. The molecule has 0 bridgehead atoms. The van der Waals surface area contributed by atoms with E-state index in [1.165, 1.54) is 0 Å². The summed E-state index contributed by atoms with van der Waals surface area (Å²) in [6, 6.07) is 14.1. The van der Waals surface area contributed by atoms with Crippen molar-refractivity contribution in [1.82, 2.24) is 5.32 Å². The minimum atomic E-state index is -0.208. The summed E-state index contributed by atoms with van der Waals surface area (Å²) in [4.78, 5) is 24.0. The first kappa shape index (κ1) is 16.7. The van der Waals surface area contributed by atoms with Crippen LogP contribution in [0.4, 0.5) is 5.69 Å². The molecular weight excluding hydrogens is 292 g/mol. The molecule has 0 aromatic heterocycles. The fourth-order valence-electron chi connectivity index (χ4n) is 1.98. The molecular formula is C18H20N2O3. The SMILES string of the molecule is COCCNC(=O)c1ccc(C(=O)Nc2ccc(C)cc2)cc1. The number of nitrogens with one attached hydrogen (secondary N) is 2. The van der Waals surface area contributed by atoms with Crippen LogP contribution in [-0.2, 0) is 4.74 Å². The molecule has 23 heavy (non-hydrogen) atoms. The maximum absolute atomic E-state index is 12.2. The lowest BCUT2D eigenvalue weighted by Gasteiger charge is -2.07. The van der Waals surface area contributed by atoms with Gasteiger partial charge in [-0.2, -0.15) is 0 Å². The molecule has 0 aliphatic carbocycles. The Bertz CT molecular complexity index is 664. The van der Waals surface area contributed by atoms with E-state index in [1.54, 1.807) is 31.4 Å². The Hall–Kier alpha value is -2.66. The second-order valence-electron chi connectivity index (χ2n) is 5.15. The number of rotatable bonds is 6. The third-order valence-electron chi connectivity index (χ3n) is 3.31. The molecule has 0 heterocycles. The first-order chi connectivity index (χ1) is 11.1. The summed E-state index contributed by atoms with van der Waals surface area (Å²) in [6.07, 6.45) is 0. The van der Waals surface area contributed by atoms with Gasteiger partial charge in [-0.05, 0) is 43.3 Å². The molecule has 0 unspecified atom stereocenters. The van der Waals surface area contributed by atoms with E-state index in [2.05, 4.69) is 10.6 Å². The average Bonchev–Trinajstić information content (AvgIpc) is 2.57. The fourth-order valence-corrected chi connectivity index (χ4v) is 1.98. The molecule has 0 fully saturated rings. The minimum Gasteiger partial charge on any atom is -0.383 e. The van der Waals surface area contributed by atoms with Crippen LogP contribution in [0.3, 0.4) is 0 Å². The number of carbonyl (C=O) groups excluding carboxylic acids is 2. The van der Waals surface area contributed by atoms with E-state index >= 15 is 0 Å². The largest absolute Gasteiger partial charge is 0.383 e. The van der Waals surface area contributed by atoms with E-state index < -0.39 is 0 Å². The molecule has 0 spiro atoms. The maximum atomic E-state index is 12.2. The zero-order chi connectivity index (χ0) is 16.7. The standard InChI is InChI=1S/C18H20N2O3/c1-13-3-9-16(10-4-13)20-18(22)15-7-5-14(6-8-15)17(21)19-11-12-23-2/h3-10H,11-12H2,1-2H3,(H,19,21)(H,20,22). The van der Waals surface area contributed by atoms with Crippen molar-refractivity contribution in [3.63, 3.8) is 0 Å². The molecule has 2 amide bonds. The highest BCUT2D eigenvalue weighted by Gasteiger charge is 2.09. The van der Waals surface area contributed by atoms with Crippen LogP contribution < -0.4 is 10.6 Å². The Morgan fingerprint density at radius 3 is 2.04 bits per heavy atom. The Kier molecular flexibility index (Phi) is 5.88. The third kappa shape index (κ3) is 4.93. The van der Waals surface area contributed by atoms with Crippen molar-refractivity contribution in [3.05, 3.63) is 65.2 Å². The van der Waals surface area contributed by atoms with Crippen molar-refractivity contribution in [2.24, 2.45) is 0 Å². The van der Waals surface area contributed by atoms with Crippen LogP contribution in [0.25, 0.3) is 0 Å². The number of hydrogen-bond donors (Lipinski definition) is 2. The quantitative estimate of drug-likeness (QED) is 0.806. The lowest BCUT2D eigenvalue weighted by molar-refractivity contribution is 0.0935.